The molecule has 0 bridgehead atoms. The van der Waals surface area contributed by atoms with Crippen LogP contribution in [0.3, 0.4) is 0 Å². The molecule has 30 heavy (non-hydrogen) atoms. The average Bonchev–Trinajstić information content (AvgIpc) is 2.60. The molecule has 0 heterocycles. The van der Waals surface area contributed by atoms with E-state index in [9.17, 15) is 44.7 Å². The monoisotopic (exact) mass is 456 g/mol. The van der Waals surface area contributed by atoms with Crippen molar-refractivity contribution in [1.82, 2.24) is 0 Å². The predicted octanol–water partition coefficient (Wildman–Crippen LogP) is 3.60. The van der Waals surface area contributed by atoms with Gasteiger partial charge in [-0.05, 0) is 23.3 Å². The SMILES string of the molecule is O=C(O)Cc1cc(C(O)(C(F)(F)F)C(F)(F)F)ccc1CS(=O)(=O)c1ccccc1. The van der Waals surface area contributed by atoms with Crippen LogP contribution in [-0.2, 0) is 32.4 Å². The third kappa shape index (κ3) is 4.59. The third-order valence-electron chi connectivity index (χ3n) is 4.23. The Morgan fingerprint density at radius 3 is 1.87 bits per heavy atom. The number of aliphatic carboxylic acids is 1. The number of carboxylic acids is 1. The molecule has 0 aliphatic heterocycles. The Balaban J connectivity index is 2.62. The van der Waals surface area contributed by atoms with E-state index < -0.39 is 57.1 Å². The van der Waals surface area contributed by atoms with Gasteiger partial charge >= 0.3 is 18.3 Å². The third-order valence-corrected chi connectivity index (χ3v) is 5.92. The summed E-state index contributed by atoms with van der Waals surface area (Å²) >= 11 is 0. The summed E-state index contributed by atoms with van der Waals surface area (Å²) in [7, 11) is -4.08. The van der Waals surface area contributed by atoms with E-state index in [2.05, 4.69) is 0 Å². The van der Waals surface area contributed by atoms with E-state index in [0.717, 1.165) is 0 Å². The van der Waals surface area contributed by atoms with Crippen LogP contribution in [0.2, 0.25) is 0 Å². The highest BCUT2D eigenvalue weighted by Crippen LogP contribution is 2.50. The number of aliphatic hydroxyl groups is 1. The molecule has 12 heteroatoms. The first-order chi connectivity index (χ1) is 13.6. The van der Waals surface area contributed by atoms with E-state index in [1.165, 1.54) is 30.3 Å². The summed E-state index contributed by atoms with van der Waals surface area (Å²) in [4.78, 5) is 10.9. The van der Waals surface area contributed by atoms with Crippen molar-refractivity contribution in [3.8, 4) is 0 Å². The second-order valence-electron chi connectivity index (χ2n) is 6.33. The van der Waals surface area contributed by atoms with E-state index in [4.69, 9.17) is 5.11 Å². The number of sulfone groups is 1. The highest BCUT2D eigenvalue weighted by atomic mass is 32.2. The Hall–Kier alpha value is -2.60. The van der Waals surface area contributed by atoms with Crippen LogP contribution >= 0.6 is 0 Å². The molecule has 0 atom stereocenters. The number of carbonyl (C=O) groups is 1. The first-order valence-electron chi connectivity index (χ1n) is 8.07. The van der Waals surface area contributed by atoms with Gasteiger partial charge in [-0.2, -0.15) is 26.3 Å². The van der Waals surface area contributed by atoms with Crippen LogP contribution in [-0.4, -0.2) is 37.0 Å². The molecular weight excluding hydrogens is 442 g/mol. The van der Waals surface area contributed by atoms with Crippen LogP contribution in [0.25, 0.3) is 0 Å². The van der Waals surface area contributed by atoms with Crippen molar-refractivity contribution >= 4 is 15.8 Å². The van der Waals surface area contributed by atoms with Crippen LogP contribution in [0.4, 0.5) is 26.3 Å². The Morgan fingerprint density at radius 1 is 0.867 bits per heavy atom. The topological polar surface area (TPSA) is 91.7 Å². The Morgan fingerprint density at radius 2 is 1.40 bits per heavy atom. The van der Waals surface area contributed by atoms with Gasteiger partial charge in [0, 0.05) is 5.56 Å². The average molecular weight is 456 g/mol. The highest BCUT2D eigenvalue weighted by Gasteiger charge is 2.71. The molecule has 2 aromatic rings. The summed E-state index contributed by atoms with van der Waals surface area (Å²) in [5.41, 5.74) is -7.84. The van der Waals surface area contributed by atoms with Crippen molar-refractivity contribution in [3.63, 3.8) is 0 Å². The lowest BCUT2D eigenvalue weighted by Crippen LogP contribution is -2.54. The van der Waals surface area contributed by atoms with Gasteiger partial charge in [0.1, 0.15) is 0 Å². The smallest absolute Gasteiger partial charge is 0.430 e. The summed E-state index contributed by atoms with van der Waals surface area (Å²) in [6, 6.07) is 7.92. The summed E-state index contributed by atoms with van der Waals surface area (Å²) < 4.78 is 104. The largest absolute Gasteiger partial charge is 0.481 e. The Labute approximate surface area is 166 Å². The lowest BCUT2D eigenvalue weighted by atomic mass is 9.89. The van der Waals surface area contributed by atoms with E-state index in [0.29, 0.717) is 6.07 Å². The minimum absolute atomic E-state index is 0.169. The summed E-state index contributed by atoms with van der Waals surface area (Å²) in [6.07, 6.45) is -13.4. The fourth-order valence-electron chi connectivity index (χ4n) is 2.72. The molecule has 0 saturated heterocycles. The van der Waals surface area contributed by atoms with Gasteiger partial charge in [-0.15, -0.1) is 0 Å². The molecule has 0 radical (unpaired) electrons. The molecule has 0 saturated carbocycles. The maximum Gasteiger partial charge on any atom is 0.430 e. The Bertz CT molecular complexity index is 1020. The van der Waals surface area contributed by atoms with Crippen LogP contribution in [0.5, 0.6) is 0 Å². The molecule has 2 rings (SSSR count). The highest BCUT2D eigenvalue weighted by molar-refractivity contribution is 7.90. The molecule has 5 nitrogen and oxygen atoms in total. The number of benzene rings is 2. The lowest BCUT2D eigenvalue weighted by Gasteiger charge is -2.33. The molecule has 2 N–H and O–H groups in total. The van der Waals surface area contributed by atoms with Crippen molar-refractivity contribution in [2.24, 2.45) is 0 Å². The van der Waals surface area contributed by atoms with Gasteiger partial charge < -0.3 is 10.2 Å². The summed E-state index contributed by atoms with van der Waals surface area (Å²) in [5.74, 6) is -2.48. The molecule has 2 aromatic carbocycles. The lowest BCUT2D eigenvalue weighted by molar-refractivity contribution is -0.376. The van der Waals surface area contributed by atoms with Gasteiger partial charge in [0.25, 0.3) is 5.60 Å². The second-order valence-corrected chi connectivity index (χ2v) is 8.32. The van der Waals surface area contributed by atoms with Crippen molar-refractivity contribution in [1.29, 1.82) is 0 Å². The molecule has 0 aliphatic rings. The molecule has 0 amide bonds. The summed E-state index contributed by atoms with van der Waals surface area (Å²) in [5, 5.41) is 18.5. The first kappa shape index (κ1) is 23.7. The zero-order valence-electron chi connectivity index (χ0n) is 14.8. The molecule has 0 unspecified atom stereocenters. The van der Waals surface area contributed by atoms with Gasteiger partial charge in [-0.25, -0.2) is 8.42 Å². The Kier molecular flexibility index (Phi) is 6.24. The van der Waals surface area contributed by atoms with Gasteiger partial charge in [0.05, 0.1) is 17.1 Å². The van der Waals surface area contributed by atoms with Crippen LogP contribution in [0.1, 0.15) is 16.7 Å². The van der Waals surface area contributed by atoms with E-state index in [1.807, 2.05) is 0 Å². The van der Waals surface area contributed by atoms with E-state index >= 15 is 0 Å². The number of alkyl halides is 6. The van der Waals surface area contributed by atoms with Crippen LogP contribution < -0.4 is 0 Å². The standard InChI is InChI=1S/C18H14F6O5S/c19-17(20,21)16(27,18(22,23)24)13-7-6-11(12(8-13)9-15(25)26)10-30(28,29)14-4-2-1-3-5-14/h1-8,27H,9-10H2,(H,25,26). The van der Waals surface area contributed by atoms with Gasteiger partial charge in [-0.1, -0.05) is 36.4 Å². The number of carboxylic acid groups (broad SMARTS) is 1. The second kappa shape index (κ2) is 7.91. The number of halogens is 6. The number of hydrogen-bond donors (Lipinski definition) is 2. The molecule has 0 aromatic heterocycles. The van der Waals surface area contributed by atoms with E-state index in [-0.39, 0.29) is 22.6 Å². The molecule has 0 aliphatic carbocycles. The molecule has 0 fully saturated rings. The maximum atomic E-state index is 13.1. The van der Waals surface area contributed by atoms with Gasteiger partial charge in [-0.3, -0.25) is 4.79 Å². The fraction of sp³-hybridized carbons (Fsp3) is 0.278. The normalized spacial score (nSPS) is 13.3. The maximum absolute atomic E-state index is 13.1. The molecular formula is C18H14F6O5S. The van der Waals surface area contributed by atoms with Gasteiger partial charge in [0.15, 0.2) is 9.84 Å². The minimum atomic E-state index is -6.16. The van der Waals surface area contributed by atoms with Crippen molar-refractivity contribution < 1.29 is 49.8 Å². The van der Waals surface area contributed by atoms with Crippen molar-refractivity contribution in [2.45, 2.75) is 35.0 Å². The van der Waals surface area contributed by atoms with Crippen LogP contribution in [0, 0.1) is 0 Å². The zero-order valence-corrected chi connectivity index (χ0v) is 15.6. The number of hydrogen-bond acceptors (Lipinski definition) is 4. The summed E-state index contributed by atoms with van der Waals surface area (Å²) in [6.45, 7) is 0. The van der Waals surface area contributed by atoms with Gasteiger partial charge in [0.2, 0.25) is 0 Å². The molecule has 164 valence electrons. The predicted molar refractivity (Wildman–Crippen MR) is 91.1 cm³/mol. The quantitative estimate of drug-likeness (QED) is 0.649. The van der Waals surface area contributed by atoms with E-state index in [1.54, 1.807) is 0 Å². The zero-order chi connectivity index (χ0) is 23.0. The molecule has 0 spiro atoms. The number of rotatable bonds is 6. The minimum Gasteiger partial charge on any atom is -0.481 e. The fourth-order valence-corrected chi connectivity index (χ4v) is 4.15. The van der Waals surface area contributed by atoms with Crippen LogP contribution in [0.15, 0.2) is 53.4 Å². The van der Waals surface area contributed by atoms with Crippen molar-refractivity contribution in [3.05, 3.63) is 65.2 Å². The van der Waals surface area contributed by atoms with Crippen molar-refractivity contribution in [2.75, 3.05) is 0 Å². The first-order valence-corrected chi connectivity index (χ1v) is 9.72.